The molecule has 0 spiro atoms. The zero-order chi connectivity index (χ0) is 14.5. The maximum Gasteiger partial charge on any atom is 0.410 e. The van der Waals surface area contributed by atoms with Gasteiger partial charge in [0.2, 0.25) is 0 Å². The zero-order valence-electron chi connectivity index (χ0n) is 12.5. The first kappa shape index (κ1) is 19.4. The van der Waals surface area contributed by atoms with Gasteiger partial charge in [0, 0.05) is 19.6 Å². The van der Waals surface area contributed by atoms with Gasteiger partial charge >= 0.3 is 6.09 Å². The molecule has 0 aliphatic carbocycles. The summed E-state index contributed by atoms with van der Waals surface area (Å²) in [5, 5.41) is 20.9. The van der Waals surface area contributed by atoms with E-state index in [2.05, 4.69) is 5.32 Å². The van der Waals surface area contributed by atoms with E-state index in [-0.39, 0.29) is 30.7 Å². The lowest BCUT2D eigenvalue weighted by Crippen LogP contribution is -2.35. The Labute approximate surface area is 126 Å². The summed E-state index contributed by atoms with van der Waals surface area (Å²) < 4.78 is 5.15. The summed E-state index contributed by atoms with van der Waals surface area (Å²) in [5.41, 5.74) is -0.454. The van der Waals surface area contributed by atoms with Gasteiger partial charge in [0.05, 0.1) is 12.2 Å². The van der Waals surface area contributed by atoms with Gasteiger partial charge in [-0.25, -0.2) is 4.79 Å². The third-order valence-corrected chi connectivity index (χ3v) is 2.85. The van der Waals surface area contributed by atoms with E-state index in [1.807, 2.05) is 20.8 Å². The number of hydrogen-bond donors (Lipinski definition) is 3. The van der Waals surface area contributed by atoms with Gasteiger partial charge < -0.3 is 25.2 Å². The number of halogens is 1. The number of likely N-dealkylation sites (tertiary alicyclic amines) is 1. The van der Waals surface area contributed by atoms with Crippen molar-refractivity contribution in [2.45, 2.75) is 51.4 Å². The van der Waals surface area contributed by atoms with E-state index in [1.54, 1.807) is 0 Å². The second-order valence-electron chi connectivity index (χ2n) is 6.02. The molecule has 2 rings (SSSR count). The minimum absolute atomic E-state index is 0. The first-order valence-corrected chi connectivity index (χ1v) is 6.82. The van der Waals surface area contributed by atoms with Crippen LogP contribution in [0, 0.1) is 0 Å². The molecule has 2 fully saturated rings. The van der Waals surface area contributed by atoms with E-state index in [0.29, 0.717) is 19.5 Å². The van der Waals surface area contributed by atoms with Gasteiger partial charge in [-0.05, 0) is 40.2 Å². The summed E-state index contributed by atoms with van der Waals surface area (Å²) >= 11 is 0. The molecule has 20 heavy (non-hydrogen) atoms. The van der Waals surface area contributed by atoms with Crippen LogP contribution in [0.5, 0.6) is 0 Å². The first-order valence-electron chi connectivity index (χ1n) is 6.82. The molecule has 2 aliphatic rings. The van der Waals surface area contributed by atoms with Crippen molar-refractivity contribution in [3.05, 3.63) is 0 Å². The van der Waals surface area contributed by atoms with Crippen molar-refractivity contribution in [1.29, 1.82) is 0 Å². The number of aliphatic hydroxyl groups excluding tert-OH is 2. The molecule has 0 aromatic heterocycles. The highest BCUT2D eigenvalue weighted by molar-refractivity contribution is 5.85. The van der Waals surface area contributed by atoms with E-state index in [9.17, 15) is 9.90 Å². The summed E-state index contributed by atoms with van der Waals surface area (Å²) in [6, 6.07) is 0. The summed E-state index contributed by atoms with van der Waals surface area (Å²) in [6.07, 6.45) is 0.806. The number of amides is 1. The number of carbonyl (C=O) groups is 1. The molecule has 2 heterocycles. The van der Waals surface area contributed by atoms with Crippen molar-refractivity contribution in [1.82, 2.24) is 10.2 Å². The average Bonchev–Trinajstić information content (AvgIpc) is 2.88. The van der Waals surface area contributed by atoms with Crippen LogP contribution >= 0.6 is 12.4 Å². The van der Waals surface area contributed by atoms with Gasteiger partial charge in [-0.15, -0.1) is 12.4 Å². The second kappa shape index (κ2) is 8.67. The predicted molar refractivity (Wildman–Crippen MR) is 79.2 cm³/mol. The van der Waals surface area contributed by atoms with Gasteiger partial charge in [-0.2, -0.15) is 0 Å². The van der Waals surface area contributed by atoms with Crippen LogP contribution in [0.4, 0.5) is 4.79 Å². The third kappa shape index (κ3) is 7.89. The fourth-order valence-corrected chi connectivity index (χ4v) is 1.87. The molecule has 7 heteroatoms. The highest BCUT2D eigenvalue weighted by atomic mass is 35.5. The quantitative estimate of drug-likeness (QED) is 0.615. The van der Waals surface area contributed by atoms with Crippen LogP contribution in [0.3, 0.4) is 0 Å². The highest BCUT2D eigenvalue weighted by Crippen LogP contribution is 2.14. The fraction of sp³-hybridized carbons (Fsp3) is 0.923. The second-order valence-corrected chi connectivity index (χ2v) is 6.02. The molecule has 0 saturated carbocycles. The lowest BCUT2D eigenvalue weighted by molar-refractivity contribution is 0.0270. The Hall–Kier alpha value is -0.560. The molecule has 1 amide bonds. The molecule has 2 saturated heterocycles. The minimum atomic E-state index is -0.454. The summed E-state index contributed by atoms with van der Waals surface area (Å²) in [6.45, 7) is 8.26. The number of aliphatic hydroxyl groups is 2. The Morgan fingerprint density at radius 1 is 1.25 bits per heavy atom. The molecule has 3 N–H and O–H groups in total. The Balaban J connectivity index is 0.000000434. The van der Waals surface area contributed by atoms with Crippen LogP contribution in [0.2, 0.25) is 0 Å². The minimum Gasteiger partial charge on any atom is -0.444 e. The van der Waals surface area contributed by atoms with E-state index < -0.39 is 5.60 Å². The predicted octanol–water partition coefficient (Wildman–Crippen LogP) is 0.751. The standard InChI is InChI=1S/C9H17NO3.C4H9NO.ClH/c1-9(2,3)13-8(12)10-5-4-7(11)6-10;6-4-1-2-5-3-4;/h7,11H,4-6H2,1-3H3;4-6H,1-3H2;1H/t7-;4-;/m11./s1. The molecule has 0 aromatic rings. The Kier molecular flexibility index (Phi) is 8.42. The van der Waals surface area contributed by atoms with Crippen LogP contribution in [0.15, 0.2) is 0 Å². The summed E-state index contributed by atoms with van der Waals surface area (Å²) in [7, 11) is 0. The molecule has 0 radical (unpaired) electrons. The van der Waals surface area contributed by atoms with Crippen LogP contribution in [0.25, 0.3) is 0 Å². The van der Waals surface area contributed by atoms with Crippen LogP contribution < -0.4 is 5.32 Å². The van der Waals surface area contributed by atoms with E-state index in [1.165, 1.54) is 4.90 Å². The Morgan fingerprint density at radius 3 is 2.20 bits per heavy atom. The first-order chi connectivity index (χ1) is 8.78. The van der Waals surface area contributed by atoms with Crippen molar-refractivity contribution in [3.63, 3.8) is 0 Å². The number of β-amino-alcohol motifs (C(OH)–C–C–N with tert-alkyl or cyclic N) is 2. The van der Waals surface area contributed by atoms with Gasteiger partial charge in [0.1, 0.15) is 5.60 Å². The number of ether oxygens (including phenoxy) is 1. The smallest absolute Gasteiger partial charge is 0.410 e. The Morgan fingerprint density at radius 2 is 1.90 bits per heavy atom. The average molecular weight is 311 g/mol. The molecule has 6 nitrogen and oxygen atoms in total. The van der Waals surface area contributed by atoms with Crippen molar-refractivity contribution >= 4 is 18.5 Å². The number of nitrogens with one attached hydrogen (secondary N) is 1. The summed E-state index contributed by atoms with van der Waals surface area (Å²) in [4.78, 5) is 12.9. The van der Waals surface area contributed by atoms with Crippen molar-refractivity contribution in [3.8, 4) is 0 Å². The number of carbonyl (C=O) groups excluding carboxylic acids is 1. The van der Waals surface area contributed by atoms with Crippen molar-refractivity contribution in [2.24, 2.45) is 0 Å². The van der Waals surface area contributed by atoms with Gasteiger partial charge in [0.25, 0.3) is 0 Å². The number of hydrogen-bond acceptors (Lipinski definition) is 5. The lowest BCUT2D eigenvalue weighted by atomic mass is 10.2. The molecule has 0 bridgehead atoms. The van der Waals surface area contributed by atoms with E-state index in [4.69, 9.17) is 9.84 Å². The lowest BCUT2D eigenvalue weighted by Gasteiger charge is -2.24. The van der Waals surface area contributed by atoms with E-state index >= 15 is 0 Å². The number of nitrogens with zero attached hydrogens (tertiary/aromatic N) is 1. The molecule has 120 valence electrons. The van der Waals surface area contributed by atoms with Gasteiger partial charge in [-0.3, -0.25) is 0 Å². The fourth-order valence-electron chi connectivity index (χ4n) is 1.87. The SMILES string of the molecule is CC(C)(C)OC(=O)N1CC[C@@H](O)C1.Cl.O[C@@H]1CCNC1. The van der Waals surface area contributed by atoms with E-state index in [0.717, 1.165) is 19.5 Å². The van der Waals surface area contributed by atoms with Crippen LogP contribution in [-0.4, -0.2) is 65.2 Å². The van der Waals surface area contributed by atoms with Gasteiger partial charge in [-0.1, -0.05) is 0 Å². The normalized spacial score (nSPS) is 25.6. The molecular weight excluding hydrogens is 284 g/mol. The maximum atomic E-state index is 11.4. The van der Waals surface area contributed by atoms with Crippen molar-refractivity contribution < 1.29 is 19.7 Å². The van der Waals surface area contributed by atoms with Gasteiger partial charge in [0.15, 0.2) is 0 Å². The zero-order valence-corrected chi connectivity index (χ0v) is 13.3. The molecule has 0 unspecified atom stereocenters. The third-order valence-electron chi connectivity index (χ3n) is 2.85. The highest BCUT2D eigenvalue weighted by Gasteiger charge is 2.28. The molecule has 0 aromatic carbocycles. The molecular formula is C13H27ClN2O4. The topological polar surface area (TPSA) is 82.0 Å². The summed E-state index contributed by atoms with van der Waals surface area (Å²) in [5.74, 6) is 0. The number of rotatable bonds is 0. The van der Waals surface area contributed by atoms with Crippen molar-refractivity contribution in [2.75, 3.05) is 26.2 Å². The largest absolute Gasteiger partial charge is 0.444 e. The Bertz CT molecular complexity index is 291. The molecule has 2 atom stereocenters. The maximum absolute atomic E-state index is 11.4. The van der Waals surface area contributed by atoms with Crippen LogP contribution in [-0.2, 0) is 4.74 Å². The monoisotopic (exact) mass is 310 g/mol. The molecule has 2 aliphatic heterocycles. The van der Waals surface area contributed by atoms with Crippen LogP contribution in [0.1, 0.15) is 33.6 Å².